The largest absolute Gasteiger partial charge is 0.482 e. The molecule has 0 radical (unpaired) electrons. The Balaban J connectivity index is 1.69. The number of anilines is 3. The lowest BCUT2D eigenvalue weighted by Crippen LogP contribution is -2.42. The fraction of sp³-hybridized carbons (Fsp3) is 0.267. The standard InChI is InChI=1S/C30H33N5O4/c1-22(2)16-17-35(28(36)20-32-30(38)33-24-11-9-10-23(18-24)19-31)26-14-7-8-15-27(26)39-21-29(37)34(3)25-12-5-4-6-13-25/h4-15,18,22H,16-17,20-21H2,1-3H3,(H2,32,33,38). The van der Waals surface area contributed by atoms with E-state index in [1.807, 2.05) is 36.4 Å². The minimum atomic E-state index is -0.568. The zero-order valence-electron chi connectivity index (χ0n) is 22.4. The molecule has 0 atom stereocenters. The number of hydrogen-bond donors (Lipinski definition) is 2. The molecule has 4 amide bonds. The maximum atomic E-state index is 13.3. The maximum Gasteiger partial charge on any atom is 0.319 e. The third kappa shape index (κ3) is 8.61. The molecule has 39 heavy (non-hydrogen) atoms. The third-order valence-electron chi connectivity index (χ3n) is 5.91. The first-order valence-corrected chi connectivity index (χ1v) is 12.7. The van der Waals surface area contributed by atoms with Crippen molar-refractivity contribution < 1.29 is 19.1 Å². The highest BCUT2D eigenvalue weighted by Gasteiger charge is 2.21. The summed E-state index contributed by atoms with van der Waals surface area (Å²) >= 11 is 0. The number of ether oxygens (including phenoxy) is 1. The van der Waals surface area contributed by atoms with Gasteiger partial charge in [-0.3, -0.25) is 9.59 Å². The molecule has 3 aromatic carbocycles. The highest BCUT2D eigenvalue weighted by atomic mass is 16.5. The first kappa shape index (κ1) is 28.7. The Bertz CT molecular complexity index is 1320. The molecule has 0 heterocycles. The van der Waals surface area contributed by atoms with Crippen LogP contribution in [0.25, 0.3) is 0 Å². The molecule has 0 aromatic heterocycles. The number of nitrogens with one attached hydrogen (secondary N) is 2. The molecule has 0 aliphatic carbocycles. The summed E-state index contributed by atoms with van der Waals surface area (Å²) in [6.07, 6.45) is 0.725. The fourth-order valence-corrected chi connectivity index (χ4v) is 3.69. The van der Waals surface area contributed by atoms with Crippen molar-refractivity contribution in [2.75, 3.05) is 41.9 Å². The van der Waals surface area contributed by atoms with Crippen molar-refractivity contribution in [1.82, 2.24) is 5.32 Å². The molecule has 2 N–H and O–H groups in total. The topological polar surface area (TPSA) is 115 Å². The smallest absolute Gasteiger partial charge is 0.319 e. The highest BCUT2D eigenvalue weighted by Crippen LogP contribution is 2.29. The van der Waals surface area contributed by atoms with Gasteiger partial charge in [-0.25, -0.2) is 4.79 Å². The number of benzene rings is 3. The molecule has 3 aromatic rings. The van der Waals surface area contributed by atoms with E-state index in [-0.39, 0.29) is 25.0 Å². The van der Waals surface area contributed by atoms with Crippen molar-refractivity contribution in [1.29, 1.82) is 5.26 Å². The van der Waals surface area contributed by atoms with Crippen LogP contribution in [-0.4, -0.2) is 44.6 Å². The van der Waals surface area contributed by atoms with E-state index >= 15 is 0 Å². The van der Waals surface area contributed by atoms with Gasteiger partial charge >= 0.3 is 6.03 Å². The van der Waals surface area contributed by atoms with Gasteiger partial charge in [0, 0.05) is 25.0 Å². The summed E-state index contributed by atoms with van der Waals surface area (Å²) in [7, 11) is 1.68. The zero-order valence-corrected chi connectivity index (χ0v) is 22.4. The van der Waals surface area contributed by atoms with Crippen LogP contribution in [0.1, 0.15) is 25.8 Å². The Kier molecular flexibility index (Phi) is 10.5. The molecule has 0 bridgehead atoms. The number of carbonyl (C=O) groups excluding carboxylic acids is 3. The second-order valence-corrected chi connectivity index (χ2v) is 9.27. The number of carbonyl (C=O) groups is 3. The van der Waals surface area contributed by atoms with E-state index in [0.29, 0.717) is 35.2 Å². The molecule has 0 saturated carbocycles. The number of urea groups is 1. The molecule has 202 valence electrons. The van der Waals surface area contributed by atoms with Crippen LogP contribution in [0.2, 0.25) is 0 Å². The van der Waals surface area contributed by atoms with E-state index in [9.17, 15) is 14.4 Å². The van der Waals surface area contributed by atoms with Crippen LogP contribution in [0.5, 0.6) is 5.75 Å². The van der Waals surface area contributed by atoms with Crippen LogP contribution in [0.3, 0.4) is 0 Å². The van der Waals surface area contributed by atoms with Crippen LogP contribution in [0.15, 0.2) is 78.9 Å². The number of nitrogens with zero attached hydrogens (tertiary/aromatic N) is 3. The van der Waals surface area contributed by atoms with E-state index in [2.05, 4.69) is 24.5 Å². The third-order valence-corrected chi connectivity index (χ3v) is 5.91. The van der Waals surface area contributed by atoms with Crippen LogP contribution < -0.4 is 25.2 Å². The summed E-state index contributed by atoms with van der Waals surface area (Å²) in [5.41, 5.74) is 2.12. The van der Waals surface area contributed by atoms with Crippen molar-refractivity contribution in [2.24, 2.45) is 5.92 Å². The zero-order chi connectivity index (χ0) is 28.2. The van der Waals surface area contributed by atoms with Gasteiger partial charge in [-0.05, 0) is 54.8 Å². The molecule has 9 heteroatoms. The van der Waals surface area contributed by atoms with E-state index < -0.39 is 6.03 Å². The summed E-state index contributed by atoms with van der Waals surface area (Å²) in [5, 5.41) is 14.3. The highest BCUT2D eigenvalue weighted by molar-refractivity contribution is 5.99. The van der Waals surface area contributed by atoms with Crippen LogP contribution >= 0.6 is 0 Å². The molecule has 0 unspecified atom stereocenters. The normalized spacial score (nSPS) is 10.3. The van der Waals surface area contributed by atoms with Crippen molar-refractivity contribution >= 4 is 34.9 Å². The molecule has 0 aliphatic rings. The summed E-state index contributed by atoms with van der Waals surface area (Å²) in [5.74, 6) is 0.149. The van der Waals surface area contributed by atoms with E-state index in [1.54, 1.807) is 60.5 Å². The predicted molar refractivity (Wildman–Crippen MR) is 152 cm³/mol. The quantitative estimate of drug-likeness (QED) is 0.372. The van der Waals surface area contributed by atoms with Gasteiger partial charge in [-0.1, -0.05) is 50.2 Å². The molecular formula is C30H33N5O4. The molecule has 9 nitrogen and oxygen atoms in total. The first-order chi connectivity index (χ1) is 18.8. The molecule has 3 rings (SSSR count). The fourth-order valence-electron chi connectivity index (χ4n) is 3.69. The van der Waals surface area contributed by atoms with Gasteiger partial charge in [0.05, 0.1) is 23.9 Å². The number of likely N-dealkylation sites (N-methyl/N-ethyl adjacent to an activating group) is 1. The second kappa shape index (κ2) is 14.2. The van der Waals surface area contributed by atoms with Gasteiger partial charge in [0.15, 0.2) is 6.61 Å². The van der Waals surface area contributed by atoms with E-state index in [1.165, 1.54) is 4.90 Å². The molecule has 0 saturated heterocycles. The molecule has 0 aliphatic heterocycles. The summed E-state index contributed by atoms with van der Waals surface area (Å²) in [6, 6.07) is 24.2. The van der Waals surface area contributed by atoms with Crippen molar-refractivity contribution in [3.05, 3.63) is 84.4 Å². The van der Waals surface area contributed by atoms with Crippen LogP contribution in [0, 0.1) is 17.2 Å². The average molecular weight is 528 g/mol. The lowest BCUT2D eigenvalue weighted by molar-refractivity contribution is -0.120. The molecular weight excluding hydrogens is 494 g/mol. The Labute approximate surface area is 229 Å². The van der Waals surface area contributed by atoms with Crippen LogP contribution in [0.4, 0.5) is 21.9 Å². The van der Waals surface area contributed by atoms with Gasteiger partial charge < -0.3 is 25.2 Å². The number of hydrogen-bond acceptors (Lipinski definition) is 5. The van der Waals surface area contributed by atoms with Gasteiger partial charge in [-0.15, -0.1) is 0 Å². The van der Waals surface area contributed by atoms with Gasteiger partial charge in [0.1, 0.15) is 5.75 Å². The monoisotopic (exact) mass is 527 g/mol. The minimum Gasteiger partial charge on any atom is -0.482 e. The maximum absolute atomic E-state index is 13.3. The summed E-state index contributed by atoms with van der Waals surface area (Å²) < 4.78 is 5.89. The lowest BCUT2D eigenvalue weighted by atomic mass is 10.1. The Morgan fingerprint density at radius 1 is 0.949 bits per heavy atom. The average Bonchev–Trinajstić information content (AvgIpc) is 2.95. The Hall–Kier alpha value is -4.84. The van der Waals surface area contributed by atoms with Crippen molar-refractivity contribution in [2.45, 2.75) is 20.3 Å². The molecule has 0 spiro atoms. The lowest BCUT2D eigenvalue weighted by Gasteiger charge is -2.26. The second-order valence-electron chi connectivity index (χ2n) is 9.27. The van der Waals surface area contributed by atoms with Crippen molar-refractivity contribution in [3.63, 3.8) is 0 Å². The van der Waals surface area contributed by atoms with E-state index in [0.717, 1.165) is 12.1 Å². The number of nitriles is 1. The number of para-hydroxylation sites is 3. The van der Waals surface area contributed by atoms with Gasteiger partial charge in [0.2, 0.25) is 5.91 Å². The Morgan fingerprint density at radius 2 is 1.67 bits per heavy atom. The van der Waals surface area contributed by atoms with Crippen LogP contribution in [-0.2, 0) is 9.59 Å². The number of amides is 4. The SMILES string of the molecule is CC(C)CCN(C(=O)CNC(=O)Nc1cccc(C#N)c1)c1ccccc1OCC(=O)N(C)c1ccccc1. The van der Waals surface area contributed by atoms with Gasteiger partial charge in [-0.2, -0.15) is 5.26 Å². The van der Waals surface area contributed by atoms with Gasteiger partial charge in [0.25, 0.3) is 5.91 Å². The summed E-state index contributed by atoms with van der Waals surface area (Å²) in [6.45, 7) is 4.06. The Morgan fingerprint density at radius 3 is 2.38 bits per heavy atom. The number of rotatable bonds is 11. The summed E-state index contributed by atoms with van der Waals surface area (Å²) in [4.78, 5) is 41.6. The first-order valence-electron chi connectivity index (χ1n) is 12.7. The predicted octanol–water partition coefficient (Wildman–Crippen LogP) is 4.80. The molecule has 0 fully saturated rings. The van der Waals surface area contributed by atoms with Crippen molar-refractivity contribution in [3.8, 4) is 11.8 Å². The van der Waals surface area contributed by atoms with E-state index in [4.69, 9.17) is 10.00 Å². The minimum absolute atomic E-state index is 0.211.